The van der Waals surface area contributed by atoms with Gasteiger partial charge >= 0.3 is 0 Å². The van der Waals surface area contributed by atoms with Crippen LogP contribution in [-0.2, 0) is 4.74 Å². The van der Waals surface area contributed by atoms with E-state index in [0.717, 1.165) is 37.1 Å². The summed E-state index contributed by atoms with van der Waals surface area (Å²) in [5.41, 5.74) is 0.955. The molecule has 1 rings (SSSR count). The van der Waals surface area contributed by atoms with Gasteiger partial charge in [-0.25, -0.2) is 0 Å². The van der Waals surface area contributed by atoms with Crippen molar-refractivity contribution in [1.82, 2.24) is 0 Å². The van der Waals surface area contributed by atoms with Gasteiger partial charge in [-0.1, -0.05) is 12.4 Å². The van der Waals surface area contributed by atoms with Crippen LogP contribution in [-0.4, -0.2) is 14.5 Å². The highest BCUT2D eigenvalue weighted by atomic mass is 16.5. The van der Waals surface area contributed by atoms with Crippen molar-refractivity contribution < 1.29 is 4.74 Å². The van der Waals surface area contributed by atoms with Crippen LogP contribution in [0.5, 0.6) is 0 Å². The molecular weight excluding hydrogens is 111 g/mol. The molecule has 0 saturated heterocycles. The summed E-state index contributed by atoms with van der Waals surface area (Å²) in [6.07, 6.45) is 3.05. The zero-order chi connectivity index (χ0) is 6.69. The number of ether oxygens (including phenoxy) is 1. The van der Waals surface area contributed by atoms with Gasteiger partial charge in [-0.2, -0.15) is 0 Å². The van der Waals surface area contributed by atoms with E-state index in [1.165, 1.54) is 0 Å². The lowest BCUT2D eigenvalue weighted by Gasteiger charge is -2.00. The van der Waals surface area contributed by atoms with Gasteiger partial charge in [0.25, 0.3) is 0 Å². The number of allylic oxidation sites excluding steroid dienone is 1. The standard InChI is InChI=1S/C7H11BO/c1-2-3-7-6(8)4-5-9-7/h2-5H2,1H3. The van der Waals surface area contributed by atoms with Gasteiger partial charge in [0.2, 0.25) is 0 Å². The molecule has 1 aliphatic heterocycles. The molecule has 9 heavy (non-hydrogen) atoms. The molecule has 0 aromatic carbocycles. The van der Waals surface area contributed by atoms with Crippen molar-refractivity contribution in [3.05, 3.63) is 11.2 Å². The lowest BCUT2D eigenvalue weighted by Crippen LogP contribution is -1.84. The topological polar surface area (TPSA) is 9.23 Å². The minimum atomic E-state index is 0.793. The van der Waals surface area contributed by atoms with Crippen molar-refractivity contribution in [1.29, 1.82) is 0 Å². The zero-order valence-corrected chi connectivity index (χ0v) is 5.81. The summed E-state index contributed by atoms with van der Waals surface area (Å²) in [6, 6.07) is 0. The largest absolute Gasteiger partial charge is 0.499 e. The second kappa shape index (κ2) is 2.95. The summed E-state index contributed by atoms with van der Waals surface area (Å²) < 4.78 is 5.26. The third-order valence-electron chi connectivity index (χ3n) is 1.48. The van der Waals surface area contributed by atoms with Crippen LogP contribution in [0.1, 0.15) is 26.2 Å². The van der Waals surface area contributed by atoms with Crippen LogP contribution >= 0.6 is 0 Å². The molecule has 0 unspecified atom stereocenters. The maximum atomic E-state index is 5.62. The molecule has 48 valence electrons. The first kappa shape index (κ1) is 6.72. The summed E-state index contributed by atoms with van der Waals surface area (Å²) >= 11 is 0. The molecule has 0 aromatic heterocycles. The lowest BCUT2D eigenvalue weighted by molar-refractivity contribution is 0.233. The van der Waals surface area contributed by atoms with E-state index < -0.39 is 0 Å². The maximum absolute atomic E-state index is 5.62. The molecule has 1 heterocycles. The summed E-state index contributed by atoms with van der Waals surface area (Å²) in [5, 5.41) is 0. The van der Waals surface area contributed by atoms with E-state index in [-0.39, 0.29) is 0 Å². The van der Waals surface area contributed by atoms with Crippen LogP contribution in [0.4, 0.5) is 0 Å². The quantitative estimate of drug-likeness (QED) is 0.505. The smallest absolute Gasteiger partial charge is 0.112 e. The van der Waals surface area contributed by atoms with E-state index >= 15 is 0 Å². The highest BCUT2D eigenvalue weighted by Crippen LogP contribution is 2.19. The molecule has 2 radical (unpaired) electrons. The number of hydrogen-bond acceptors (Lipinski definition) is 1. The van der Waals surface area contributed by atoms with Crippen molar-refractivity contribution in [2.45, 2.75) is 26.2 Å². The Hall–Kier alpha value is -0.395. The van der Waals surface area contributed by atoms with Gasteiger partial charge in [0.05, 0.1) is 12.4 Å². The SMILES string of the molecule is [B]C1=C(CCC)OCC1. The predicted octanol–water partition coefficient (Wildman–Crippen LogP) is 1.59. The van der Waals surface area contributed by atoms with E-state index in [4.69, 9.17) is 12.6 Å². The minimum Gasteiger partial charge on any atom is -0.499 e. The first-order chi connectivity index (χ1) is 4.34. The third kappa shape index (κ3) is 1.50. The second-order valence-corrected chi connectivity index (χ2v) is 2.30. The fraction of sp³-hybridized carbons (Fsp3) is 0.714. The van der Waals surface area contributed by atoms with E-state index in [9.17, 15) is 0 Å². The van der Waals surface area contributed by atoms with Crippen LogP contribution in [0.15, 0.2) is 11.2 Å². The Morgan fingerprint density at radius 1 is 1.67 bits per heavy atom. The van der Waals surface area contributed by atoms with E-state index in [0.29, 0.717) is 0 Å². The maximum Gasteiger partial charge on any atom is 0.112 e. The molecule has 2 heteroatoms. The van der Waals surface area contributed by atoms with Gasteiger partial charge in [-0.3, -0.25) is 0 Å². The Bertz CT molecular complexity index is 129. The monoisotopic (exact) mass is 122 g/mol. The third-order valence-corrected chi connectivity index (χ3v) is 1.48. The average Bonchev–Trinajstić information content (AvgIpc) is 2.18. The van der Waals surface area contributed by atoms with E-state index in [2.05, 4.69) is 6.92 Å². The van der Waals surface area contributed by atoms with Crippen LogP contribution in [0.2, 0.25) is 0 Å². The van der Waals surface area contributed by atoms with Crippen molar-refractivity contribution in [2.75, 3.05) is 6.61 Å². The summed E-state index contributed by atoms with van der Waals surface area (Å²) in [5.74, 6) is 1.03. The Labute approximate surface area is 57.5 Å². The predicted molar refractivity (Wildman–Crippen MR) is 38.3 cm³/mol. The van der Waals surface area contributed by atoms with Crippen molar-refractivity contribution >= 4 is 7.85 Å². The molecule has 0 fully saturated rings. The number of hydrogen-bond donors (Lipinski definition) is 0. The zero-order valence-electron chi connectivity index (χ0n) is 5.81. The van der Waals surface area contributed by atoms with E-state index in [1.54, 1.807) is 0 Å². The minimum absolute atomic E-state index is 0.793. The Morgan fingerprint density at radius 3 is 2.89 bits per heavy atom. The molecule has 0 aliphatic carbocycles. The van der Waals surface area contributed by atoms with Crippen molar-refractivity contribution in [3.63, 3.8) is 0 Å². The molecule has 0 bridgehead atoms. The number of rotatable bonds is 2. The van der Waals surface area contributed by atoms with Crippen molar-refractivity contribution in [3.8, 4) is 0 Å². The van der Waals surface area contributed by atoms with Crippen LogP contribution in [0.25, 0.3) is 0 Å². The van der Waals surface area contributed by atoms with Gasteiger partial charge in [-0.15, -0.1) is 0 Å². The second-order valence-electron chi connectivity index (χ2n) is 2.30. The molecule has 1 nitrogen and oxygen atoms in total. The van der Waals surface area contributed by atoms with Crippen LogP contribution < -0.4 is 0 Å². The van der Waals surface area contributed by atoms with Crippen molar-refractivity contribution in [2.24, 2.45) is 0 Å². The van der Waals surface area contributed by atoms with Gasteiger partial charge in [0.1, 0.15) is 7.85 Å². The first-order valence-electron chi connectivity index (χ1n) is 3.45. The average molecular weight is 122 g/mol. The molecular formula is C7H11BO. The van der Waals surface area contributed by atoms with Gasteiger partial charge < -0.3 is 4.74 Å². The molecule has 0 amide bonds. The fourth-order valence-corrected chi connectivity index (χ4v) is 0.976. The molecule has 0 N–H and O–H groups in total. The molecule has 1 aliphatic rings. The Kier molecular flexibility index (Phi) is 2.20. The molecule has 0 aromatic rings. The molecule has 0 spiro atoms. The fourth-order valence-electron chi connectivity index (χ4n) is 0.976. The van der Waals surface area contributed by atoms with Gasteiger partial charge in [-0.05, 0) is 12.8 Å². The van der Waals surface area contributed by atoms with Crippen LogP contribution in [0.3, 0.4) is 0 Å². The van der Waals surface area contributed by atoms with Crippen LogP contribution in [0, 0.1) is 0 Å². The highest BCUT2D eigenvalue weighted by Gasteiger charge is 2.08. The summed E-state index contributed by atoms with van der Waals surface area (Å²) in [7, 11) is 5.62. The molecule has 0 saturated carbocycles. The van der Waals surface area contributed by atoms with Gasteiger partial charge in [0, 0.05) is 6.42 Å². The molecule has 0 atom stereocenters. The van der Waals surface area contributed by atoms with E-state index in [1.807, 2.05) is 0 Å². The summed E-state index contributed by atoms with van der Waals surface area (Å²) in [4.78, 5) is 0. The normalized spacial score (nSPS) is 18.3. The Morgan fingerprint density at radius 2 is 2.44 bits per heavy atom. The lowest BCUT2D eigenvalue weighted by atomic mass is 9.92. The first-order valence-corrected chi connectivity index (χ1v) is 3.45. The van der Waals surface area contributed by atoms with Gasteiger partial charge in [0.15, 0.2) is 0 Å². The summed E-state index contributed by atoms with van der Waals surface area (Å²) in [6.45, 7) is 2.92. The Balaban J connectivity index is 2.45. The highest BCUT2D eigenvalue weighted by molar-refractivity contribution is 6.22.